The summed E-state index contributed by atoms with van der Waals surface area (Å²) in [4.78, 5) is 0. The highest BCUT2D eigenvalue weighted by Crippen LogP contribution is 2.34. The van der Waals surface area contributed by atoms with E-state index in [1.165, 1.54) is 11.1 Å². The third-order valence-electron chi connectivity index (χ3n) is 17.0. The monoisotopic (exact) mass is 1080 g/mol. The maximum Gasteiger partial charge on any atom is 0.0800 e. The first-order valence-electron chi connectivity index (χ1n) is 30.3. The van der Waals surface area contributed by atoms with Crippen molar-refractivity contribution >= 4 is 0 Å². The number of allylic oxidation sites excluding steroid dienone is 4. The van der Waals surface area contributed by atoms with Crippen LogP contribution in [0, 0.1) is 0 Å². The summed E-state index contributed by atoms with van der Waals surface area (Å²) in [6, 6.07) is 0. The van der Waals surface area contributed by atoms with Gasteiger partial charge >= 0.3 is 0 Å². The van der Waals surface area contributed by atoms with Gasteiger partial charge in [0, 0.05) is 0 Å². The van der Waals surface area contributed by atoms with Gasteiger partial charge < -0.3 is 56.2 Å². The van der Waals surface area contributed by atoms with Crippen LogP contribution in [0.4, 0.5) is 0 Å². The standard InChI is InChI=1S/C65H126O11/c1-16-55(5,66)32-18-30-54(4)31-19-34-57(7,68)36-21-38-59(9,70)40-23-42-61(11,72)44-25-46-63(13,74)48-27-50-65(15,76)52-28-51-64(14,75)49-26-47-62(12,73)45-24-43-60(10,71)41-22-39-58(8,69)37-20-35-56(6,67)33-17-29-53(2)3/h16,29-30,66-76H,1,17-28,31-52H2,2-15H3/b54-30+/t55-,56-,57+,58+,59-,60-,61-,62-,63+,64+,65+/m1/s1. The molecule has 11 atom stereocenters. The Bertz CT molecular complexity index is 1620. The summed E-state index contributed by atoms with van der Waals surface area (Å²) < 4.78 is 0. The molecule has 11 heteroatoms. The Morgan fingerprint density at radius 2 is 0.461 bits per heavy atom. The second kappa shape index (κ2) is 33.6. The van der Waals surface area contributed by atoms with Crippen molar-refractivity contribution in [3.63, 3.8) is 0 Å². The molecule has 11 nitrogen and oxygen atoms in total. The van der Waals surface area contributed by atoms with E-state index in [4.69, 9.17) is 0 Å². The predicted molar refractivity (Wildman–Crippen MR) is 317 cm³/mol. The molecule has 0 aromatic rings. The highest BCUT2D eigenvalue weighted by Gasteiger charge is 2.32. The lowest BCUT2D eigenvalue weighted by Gasteiger charge is -2.31. The van der Waals surface area contributed by atoms with Crippen LogP contribution in [0.1, 0.15) is 315 Å². The second-order valence-electron chi connectivity index (χ2n) is 28.5. The Kier molecular flexibility index (Phi) is 33.1. The molecule has 0 heterocycles. The minimum atomic E-state index is -0.931. The third-order valence-corrected chi connectivity index (χ3v) is 17.0. The van der Waals surface area contributed by atoms with Crippen LogP contribution in [0.2, 0.25) is 0 Å². The maximum absolute atomic E-state index is 11.2. The van der Waals surface area contributed by atoms with Crippen LogP contribution >= 0.6 is 0 Å². The lowest BCUT2D eigenvalue weighted by atomic mass is 9.83. The Hall–Kier alpha value is -1.22. The summed E-state index contributed by atoms with van der Waals surface area (Å²) in [7, 11) is 0. The Morgan fingerprint density at radius 1 is 0.276 bits per heavy atom. The summed E-state index contributed by atoms with van der Waals surface area (Å²) in [6.07, 6.45) is 27.3. The van der Waals surface area contributed by atoms with Crippen LogP contribution in [0.3, 0.4) is 0 Å². The Balaban J connectivity index is 4.47. The molecule has 0 radical (unpaired) electrons. The van der Waals surface area contributed by atoms with E-state index in [9.17, 15) is 56.2 Å². The van der Waals surface area contributed by atoms with Crippen molar-refractivity contribution in [1.29, 1.82) is 0 Å². The quantitative estimate of drug-likeness (QED) is 0.0257. The van der Waals surface area contributed by atoms with Crippen LogP contribution in [-0.4, -0.2) is 118 Å². The minimum absolute atomic E-state index is 0.528. The maximum atomic E-state index is 11.2. The number of aliphatic hydroxyl groups is 11. The molecule has 0 aliphatic carbocycles. The molecule has 0 spiro atoms. The molecule has 0 rings (SSSR count). The van der Waals surface area contributed by atoms with Crippen molar-refractivity contribution in [3.05, 3.63) is 36.0 Å². The smallest absolute Gasteiger partial charge is 0.0800 e. The normalized spacial score (nSPS) is 21.4. The summed E-state index contributed by atoms with van der Waals surface area (Å²) in [5, 5.41) is 121. The average Bonchev–Trinajstić information content (AvgIpc) is 3.21. The van der Waals surface area contributed by atoms with Crippen LogP contribution in [0.15, 0.2) is 36.0 Å². The van der Waals surface area contributed by atoms with E-state index >= 15 is 0 Å². The van der Waals surface area contributed by atoms with Crippen LogP contribution in [-0.2, 0) is 0 Å². The SMILES string of the molecule is C=C[C@@](C)(O)CC/C=C(\C)CCC[C@](C)(O)CCC[C@@](C)(O)CCC[C@@](C)(O)CCC[C@](C)(O)CCC[C@](C)(O)CCC[C@@](C)(O)CCC[C@](C)(O)CCC[C@](C)(O)CCC[C@@](C)(O)CCC[C@](C)(O)CCC=C(C)C. The molecule has 0 amide bonds. The van der Waals surface area contributed by atoms with Crippen molar-refractivity contribution in [2.24, 2.45) is 0 Å². The van der Waals surface area contributed by atoms with Crippen molar-refractivity contribution < 1.29 is 56.2 Å². The molecule has 0 saturated heterocycles. The second-order valence-corrected chi connectivity index (χ2v) is 28.5. The van der Waals surface area contributed by atoms with E-state index in [1.54, 1.807) is 13.0 Å². The topological polar surface area (TPSA) is 223 Å². The zero-order chi connectivity index (χ0) is 58.8. The van der Waals surface area contributed by atoms with Crippen LogP contribution < -0.4 is 0 Å². The molecular formula is C65H126O11. The summed E-state index contributed by atoms with van der Waals surface area (Å²) in [5.41, 5.74) is -7.16. The molecular weight excluding hydrogens is 957 g/mol. The van der Waals surface area contributed by atoms with Crippen molar-refractivity contribution in [1.82, 2.24) is 0 Å². The Labute approximate surface area is 467 Å². The van der Waals surface area contributed by atoms with Crippen molar-refractivity contribution in [2.75, 3.05) is 0 Å². The molecule has 0 unspecified atom stereocenters. The third kappa shape index (κ3) is 41.7. The highest BCUT2D eigenvalue weighted by molar-refractivity contribution is 5.01. The summed E-state index contributed by atoms with van der Waals surface area (Å²) in [6.45, 7) is 30.0. The number of rotatable bonds is 47. The van der Waals surface area contributed by atoms with Crippen molar-refractivity contribution in [2.45, 2.75) is 377 Å². The predicted octanol–water partition coefficient (Wildman–Crippen LogP) is 13.6. The van der Waals surface area contributed by atoms with Gasteiger partial charge in [0.25, 0.3) is 0 Å². The molecule has 0 aromatic carbocycles. The number of hydrogen-bond acceptors (Lipinski definition) is 11. The zero-order valence-corrected chi connectivity index (χ0v) is 51.9. The van der Waals surface area contributed by atoms with Gasteiger partial charge in [0.1, 0.15) is 0 Å². The van der Waals surface area contributed by atoms with E-state index in [2.05, 4.69) is 39.5 Å². The Morgan fingerprint density at radius 3 is 0.658 bits per heavy atom. The van der Waals surface area contributed by atoms with Crippen molar-refractivity contribution in [3.8, 4) is 0 Å². The first kappa shape index (κ1) is 74.8. The van der Waals surface area contributed by atoms with Gasteiger partial charge in [-0.25, -0.2) is 0 Å². The average molecular weight is 1080 g/mol. The summed E-state index contributed by atoms with van der Waals surface area (Å²) >= 11 is 0. The van der Waals surface area contributed by atoms with Crippen LogP contribution in [0.25, 0.3) is 0 Å². The molecule has 0 fully saturated rings. The minimum Gasteiger partial charge on any atom is -0.390 e. The van der Waals surface area contributed by atoms with Gasteiger partial charge in [-0.05, 0) is 315 Å². The van der Waals surface area contributed by atoms with Gasteiger partial charge in [0.2, 0.25) is 0 Å². The van der Waals surface area contributed by atoms with E-state index in [-0.39, 0.29) is 0 Å². The fourth-order valence-corrected chi connectivity index (χ4v) is 11.1. The first-order valence-corrected chi connectivity index (χ1v) is 30.3. The van der Waals surface area contributed by atoms with E-state index < -0.39 is 61.6 Å². The first-order chi connectivity index (χ1) is 34.4. The van der Waals surface area contributed by atoms with Gasteiger partial charge in [-0.1, -0.05) is 29.4 Å². The van der Waals surface area contributed by atoms with E-state index in [0.717, 1.165) is 32.1 Å². The lowest BCUT2D eigenvalue weighted by Crippen LogP contribution is -2.31. The van der Waals surface area contributed by atoms with Gasteiger partial charge in [-0.3, -0.25) is 0 Å². The molecule has 11 N–H and O–H groups in total. The summed E-state index contributed by atoms with van der Waals surface area (Å²) in [5.74, 6) is 0. The van der Waals surface area contributed by atoms with Gasteiger partial charge in [0.05, 0.1) is 61.6 Å². The molecule has 0 aliphatic heterocycles. The highest BCUT2D eigenvalue weighted by atomic mass is 16.3. The zero-order valence-electron chi connectivity index (χ0n) is 51.9. The molecule has 0 saturated carbocycles. The van der Waals surface area contributed by atoms with Gasteiger partial charge in [0.15, 0.2) is 0 Å². The van der Waals surface area contributed by atoms with Gasteiger partial charge in [-0.15, -0.1) is 6.58 Å². The molecule has 0 aliphatic rings. The van der Waals surface area contributed by atoms with E-state index in [1.807, 2.05) is 69.2 Å². The molecule has 452 valence electrons. The van der Waals surface area contributed by atoms with Crippen LogP contribution in [0.5, 0.6) is 0 Å². The van der Waals surface area contributed by atoms with Gasteiger partial charge in [-0.2, -0.15) is 0 Å². The van der Waals surface area contributed by atoms with E-state index in [0.29, 0.717) is 186 Å². The fourth-order valence-electron chi connectivity index (χ4n) is 11.1. The molecule has 0 bridgehead atoms. The fraction of sp³-hybridized carbons (Fsp3) is 0.908. The lowest BCUT2D eigenvalue weighted by molar-refractivity contribution is -0.00901. The number of hydrogen-bond donors (Lipinski definition) is 11. The molecule has 0 aromatic heterocycles. The molecule has 76 heavy (non-hydrogen) atoms. The largest absolute Gasteiger partial charge is 0.390 e.